The molecule has 2 unspecified atom stereocenters. The standard InChI is InChI=1S/C14H14F9P/c1-3-4-7(2)6-24(14(22,23)13(19,20)21)9-5-8(15)10(16)12(18)11(9)17/h5,7H,3-4,6H2,1-2H3/p+1. The van der Waals surface area contributed by atoms with Gasteiger partial charge in [-0.1, -0.05) is 20.3 Å². The van der Waals surface area contributed by atoms with Crippen LogP contribution >= 0.6 is 7.92 Å². The number of alkyl halides is 5. The molecule has 1 aromatic carbocycles. The Morgan fingerprint density at radius 1 is 0.958 bits per heavy atom. The molecule has 0 aliphatic rings. The van der Waals surface area contributed by atoms with Crippen LogP contribution in [0.25, 0.3) is 0 Å². The zero-order valence-corrected chi connectivity index (χ0v) is 13.7. The van der Waals surface area contributed by atoms with E-state index in [1.165, 1.54) is 6.92 Å². The summed E-state index contributed by atoms with van der Waals surface area (Å²) < 4.78 is 119. The van der Waals surface area contributed by atoms with Crippen LogP contribution < -0.4 is 5.30 Å². The molecule has 0 spiro atoms. The lowest BCUT2D eigenvalue weighted by atomic mass is 10.1. The van der Waals surface area contributed by atoms with Crippen LogP contribution in [0.3, 0.4) is 0 Å². The second-order valence-electron chi connectivity index (χ2n) is 5.50. The molecule has 0 amide bonds. The minimum Gasteiger partial charge on any atom is -0.203 e. The molecule has 0 nitrogen and oxygen atoms in total. The molecule has 0 heterocycles. The van der Waals surface area contributed by atoms with E-state index in [-0.39, 0.29) is 12.5 Å². The van der Waals surface area contributed by atoms with Crippen molar-refractivity contribution in [3.05, 3.63) is 29.3 Å². The summed E-state index contributed by atoms with van der Waals surface area (Å²) in [5, 5.41) is -1.43. The van der Waals surface area contributed by atoms with E-state index in [2.05, 4.69) is 0 Å². The number of halogens is 9. The Morgan fingerprint density at radius 2 is 1.50 bits per heavy atom. The molecule has 138 valence electrons. The fourth-order valence-corrected chi connectivity index (χ4v) is 5.05. The summed E-state index contributed by atoms with van der Waals surface area (Å²) in [6, 6.07) is -0.0969. The summed E-state index contributed by atoms with van der Waals surface area (Å²) in [6.07, 6.45) is -6.04. The largest absolute Gasteiger partial charge is 0.493 e. The summed E-state index contributed by atoms with van der Waals surface area (Å²) in [6.45, 7) is 3.05. The molecule has 0 bridgehead atoms. The molecule has 2 atom stereocenters. The zero-order valence-electron chi connectivity index (χ0n) is 12.7. The Balaban J connectivity index is 3.49. The molecule has 1 rings (SSSR count). The fourth-order valence-electron chi connectivity index (χ4n) is 2.31. The number of hydrogen-bond donors (Lipinski definition) is 0. The van der Waals surface area contributed by atoms with Gasteiger partial charge in [0, 0.05) is 6.07 Å². The van der Waals surface area contributed by atoms with E-state index in [1.54, 1.807) is 6.92 Å². The third-order valence-electron chi connectivity index (χ3n) is 3.50. The predicted molar refractivity (Wildman–Crippen MR) is 74.2 cm³/mol. The Morgan fingerprint density at radius 3 is 1.96 bits per heavy atom. The van der Waals surface area contributed by atoms with Gasteiger partial charge in [-0.3, -0.25) is 0 Å². The minimum absolute atomic E-state index is 0.0969. The summed E-state index contributed by atoms with van der Waals surface area (Å²) >= 11 is 0. The van der Waals surface area contributed by atoms with Crippen LogP contribution in [0.5, 0.6) is 0 Å². The molecular weight excluding hydrogens is 370 g/mol. The Kier molecular flexibility index (Phi) is 6.58. The fraction of sp³-hybridized carbons (Fsp3) is 0.571. The van der Waals surface area contributed by atoms with E-state index in [4.69, 9.17) is 0 Å². The Bertz CT molecular complexity index is 583. The van der Waals surface area contributed by atoms with Crippen LogP contribution in [0.15, 0.2) is 6.07 Å². The number of rotatable bonds is 6. The maximum atomic E-state index is 13.8. The van der Waals surface area contributed by atoms with Crippen LogP contribution in [0.2, 0.25) is 0 Å². The van der Waals surface area contributed by atoms with Gasteiger partial charge in [-0.25, -0.2) is 13.2 Å². The van der Waals surface area contributed by atoms with E-state index in [0.29, 0.717) is 6.42 Å². The van der Waals surface area contributed by atoms with Gasteiger partial charge in [0.05, 0.1) is 6.16 Å². The smallest absolute Gasteiger partial charge is 0.203 e. The highest BCUT2D eigenvalue weighted by molar-refractivity contribution is 7.66. The third-order valence-corrected chi connectivity index (χ3v) is 6.66. The summed E-state index contributed by atoms with van der Waals surface area (Å²) in [5.41, 5.74) is -5.34. The molecule has 0 saturated heterocycles. The first kappa shape index (κ1) is 21.1. The lowest BCUT2D eigenvalue weighted by Crippen LogP contribution is -2.39. The maximum Gasteiger partial charge on any atom is 0.493 e. The Labute approximate surface area is 133 Å². The lowest BCUT2D eigenvalue weighted by Gasteiger charge is -2.24. The van der Waals surface area contributed by atoms with Crippen molar-refractivity contribution in [2.45, 2.75) is 38.5 Å². The highest BCUT2D eigenvalue weighted by Gasteiger charge is 2.69. The monoisotopic (exact) mass is 385 g/mol. The molecule has 24 heavy (non-hydrogen) atoms. The van der Waals surface area contributed by atoms with Crippen molar-refractivity contribution >= 4 is 13.2 Å². The molecule has 0 saturated carbocycles. The third kappa shape index (κ3) is 4.16. The van der Waals surface area contributed by atoms with E-state index >= 15 is 0 Å². The van der Waals surface area contributed by atoms with Crippen LogP contribution in [0, 0.1) is 29.2 Å². The topological polar surface area (TPSA) is 0 Å². The van der Waals surface area contributed by atoms with Crippen molar-refractivity contribution in [2.24, 2.45) is 5.92 Å². The van der Waals surface area contributed by atoms with E-state index in [0.717, 1.165) is 0 Å². The average Bonchev–Trinajstić information content (AvgIpc) is 2.45. The van der Waals surface area contributed by atoms with Gasteiger partial charge in [0.1, 0.15) is 13.2 Å². The van der Waals surface area contributed by atoms with Crippen LogP contribution in [-0.4, -0.2) is 18.0 Å². The van der Waals surface area contributed by atoms with Gasteiger partial charge in [-0.15, -0.1) is 0 Å². The molecule has 1 aromatic rings. The second kappa shape index (κ2) is 7.50. The highest BCUT2D eigenvalue weighted by atomic mass is 31.1. The van der Waals surface area contributed by atoms with Crippen molar-refractivity contribution in [3.63, 3.8) is 0 Å². The second-order valence-corrected chi connectivity index (χ2v) is 8.03. The SMILES string of the molecule is CCCC(C)C[PH+](c1cc(F)c(F)c(F)c1F)C(F)(F)C(F)(F)F. The van der Waals surface area contributed by atoms with Gasteiger partial charge in [0.25, 0.3) is 0 Å². The van der Waals surface area contributed by atoms with Crippen LogP contribution in [0.4, 0.5) is 39.5 Å². The average molecular weight is 385 g/mol. The summed E-state index contributed by atoms with van der Waals surface area (Å²) in [7, 11) is -4.15. The van der Waals surface area contributed by atoms with Crippen molar-refractivity contribution in [2.75, 3.05) is 6.16 Å². The lowest BCUT2D eigenvalue weighted by molar-refractivity contribution is -0.240. The summed E-state index contributed by atoms with van der Waals surface area (Å²) in [5.74, 6) is -9.52. The van der Waals surface area contributed by atoms with Gasteiger partial charge in [-0.2, -0.15) is 26.3 Å². The molecular formula is C14H15F9P+. The molecule has 0 aromatic heterocycles. The van der Waals surface area contributed by atoms with Gasteiger partial charge < -0.3 is 0 Å². The van der Waals surface area contributed by atoms with Crippen molar-refractivity contribution in [1.82, 2.24) is 0 Å². The normalized spacial score (nSPS) is 15.5. The first-order valence-corrected chi connectivity index (χ1v) is 8.69. The van der Waals surface area contributed by atoms with Crippen molar-refractivity contribution in [1.29, 1.82) is 0 Å². The minimum atomic E-state index is -6.01. The van der Waals surface area contributed by atoms with Crippen LogP contribution in [0.1, 0.15) is 26.7 Å². The van der Waals surface area contributed by atoms with E-state index in [9.17, 15) is 39.5 Å². The van der Waals surface area contributed by atoms with Gasteiger partial charge in [-0.05, 0) is 12.3 Å². The highest BCUT2D eigenvalue weighted by Crippen LogP contribution is 2.60. The first-order valence-electron chi connectivity index (χ1n) is 6.98. The van der Waals surface area contributed by atoms with Gasteiger partial charge >= 0.3 is 11.8 Å². The van der Waals surface area contributed by atoms with E-state index in [1.807, 2.05) is 0 Å². The quantitative estimate of drug-likeness (QED) is 0.256. The molecule has 0 N–H and O–H groups in total. The van der Waals surface area contributed by atoms with E-state index < -0.39 is 60.4 Å². The molecule has 10 heteroatoms. The molecule has 0 radical (unpaired) electrons. The zero-order chi connectivity index (χ0) is 18.9. The number of hydrogen-bond acceptors (Lipinski definition) is 0. The Hall–Kier alpha value is -0.980. The predicted octanol–water partition coefficient (Wildman–Crippen LogP) is 5.67. The summed E-state index contributed by atoms with van der Waals surface area (Å²) in [4.78, 5) is 0. The van der Waals surface area contributed by atoms with Gasteiger partial charge in [0.2, 0.25) is 11.6 Å². The maximum absolute atomic E-state index is 13.8. The molecule has 0 aliphatic carbocycles. The van der Waals surface area contributed by atoms with Crippen LogP contribution in [-0.2, 0) is 0 Å². The van der Waals surface area contributed by atoms with Gasteiger partial charge in [0.15, 0.2) is 11.6 Å². The number of benzene rings is 1. The van der Waals surface area contributed by atoms with Crippen molar-refractivity contribution < 1.29 is 39.5 Å². The van der Waals surface area contributed by atoms with Crippen molar-refractivity contribution in [3.8, 4) is 0 Å². The molecule has 0 aliphatic heterocycles. The first-order chi connectivity index (χ1) is 10.8. The molecule has 0 fully saturated rings.